The van der Waals surface area contributed by atoms with Crippen LogP contribution in [-0.4, -0.2) is 47.4 Å². The van der Waals surface area contributed by atoms with Gasteiger partial charge in [-0.05, 0) is 18.3 Å². The average Bonchev–Trinajstić information content (AvgIpc) is 3.04. The van der Waals surface area contributed by atoms with Crippen LogP contribution in [0.15, 0.2) is 0 Å². The Bertz CT molecular complexity index is 407. The molecule has 1 N–H and O–H groups in total. The highest BCUT2D eigenvalue weighted by atomic mass is 32.2. The third-order valence-corrected chi connectivity index (χ3v) is 4.47. The first-order chi connectivity index (χ1) is 9.16. The maximum absolute atomic E-state index is 11.9. The van der Waals surface area contributed by atoms with E-state index in [1.165, 1.54) is 7.11 Å². The quantitative estimate of drug-likeness (QED) is 0.704. The number of carbonyl (C=O) groups is 2. The number of ether oxygens (including phenoxy) is 1. The molecule has 0 aromatic carbocycles. The van der Waals surface area contributed by atoms with Crippen LogP contribution in [0.25, 0.3) is 0 Å². The molecule has 0 spiro atoms. The molecular weight excluding hydrogens is 299 g/mol. The Labute approximate surface area is 116 Å². The van der Waals surface area contributed by atoms with Gasteiger partial charge in [0.15, 0.2) is 0 Å². The van der Waals surface area contributed by atoms with Gasteiger partial charge in [-0.2, -0.15) is 13.2 Å². The van der Waals surface area contributed by atoms with E-state index in [4.69, 9.17) is 0 Å². The molecule has 1 amide bonds. The van der Waals surface area contributed by atoms with Crippen LogP contribution in [0, 0.1) is 5.41 Å². The molecule has 0 aromatic heterocycles. The van der Waals surface area contributed by atoms with E-state index in [1.54, 1.807) is 5.32 Å². The van der Waals surface area contributed by atoms with E-state index in [-0.39, 0.29) is 12.2 Å². The molecule has 0 saturated heterocycles. The van der Waals surface area contributed by atoms with Gasteiger partial charge in [0.2, 0.25) is 5.91 Å². The molecule has 5 nitrogen and oxygen atoms in total. The lowest BCUT2D eigenvalue weighted by Gasteiger charge is -2.13. The van der Waals surface area contributed by atoms with Crippen LogP contribution in [0.5, 0.6) is 0 Å². The van der Waals surface area contributed by atoms with Crippen molar-refractivity contribution in [1.82, 2.24) is 5.32 Å². The predicted octanol–water partition coefficient (Wildman–Crippen LogP) is 0.757. The minimum atomic E-state index is -4.49. The lowest BCUT2D eigenvalue weighted by Crippen LogP contribution is -2.37. The Morgan fingerprint density at radius 1 is 1.35 bits per heavy atom. The summed E-state index contributed by atoms with van der Waals surface area (Å²) in [4.78, 5) is 22.3. The fourth-order valence-corrected chi connectivity index (χ4v) is 3.29. The van der Waals surface area contributed by atoms with Crippen LogP contribution < -0.4 is 5.32 Å². The molecule has 1 fully saturated rings. The van der Waals surface area contributed by atoms with Gasteiger partial charge in [-0.3, -0.25) is 13.8 Å². The molecule has 1 saturated carbocycles. The molecule has 0 bridgehead atoms. The van der Waals surface area contributed by atoms with Crippen LogP contribution in [0.3, 0.4) is 0 Å². The zero-order valence-electron chi connectivity index (χ0n) is 10.9. The van der Waals surface area contributed by atoms with Gasteiger partial charge in [0, 0.05) is 16.6 Å². The van der Waals surface area contributed by atoms with E-state index in [0.29, 0.717) is 12.8 Å². The van der Waals surface area contributed by atoms with Crippen molar-refractivity contribution in [1.29, 1.82) is 0 Å². The molecule has 9 heteroatoms. The number of hydrogen-bond acceptors (Lipinski definition) is 4. The van der Waals surface area contributed by atoms with E-state index in [2.05, 4.69) is 4.74 Å². The van der Waals surface area contributed by atoms with Gasteiger partial charge in [0.05, 0.1) is 13.5 Å². The van der Waals surface area contributed by atoms with Gasteiger partial charge < -0.3 is 10.1 Å². The number of esters is 1. The SMILES string of the molecule is COC(=O)CC1(CS(=O)CC(=O)NCC(F)(F)F)CC1. The molecule has 1 unspecified atom stereocenters. The zero-order valence-corrected chi connectivity index (χ0v) is 11.7. The van der Waals surface area contributed by atoms with Gasteiger partial charge in [0.1, 0.15) is 12.3 Å². The third kappa shape index (κ3) is 6.36. The first kappa shape index (κ1) is 16.9. The summed E-state index contributed by atoms with van der Waals surface area (Å²) in [6, 6.07) is 0. The molecule has 20 heavy (non-hydrogen) atoms. The number of rotatable bonds is 7. The molecule has 1 atom stereocenters. The van der Waals surface area contributed by atoms with Crippen molar-refractivity contribution in [2.45, 2.75) is 25.4 Å². The van der Waals surface area contributed by atoms with Gasteiger partial charge in [0.25, 0.3) is 0 Å². The summed E-state index contributed by atoms with van der Waals surface area (Å²) >= 11 is 0. The van der Waals surface area contributed by atoms with E-state index in [1.807, 2.05) is 0 Å². The van der Waals surface area contributed by atoms with Crippen molar-refractivity contribution >= 4 is 22.7 Å². The lowest BCUT2D eigenvalue weighted by molar-refractivity contribution is -0.141. The average molecular weight is 315 g/mol. The summed E-state index contributed by atoms with van der Waals surface area (Å²) in [5, 5.41) is 1.66. The highest BCUT2D eigenvalue weighted by molar-refractivity contribution is 7.85. The number of alkyl halides is 3. The molecule has 1 aliphatic rings. The Kier molecular flexibility index (Phi) is 5.55. The van der Waals surface area contributed by atoms with E-state index in [9.17, 15) is 27.0 Å². The van der Waals surface area contributed by atoms with E-state index >= 15 is 0 Å². The fraction of sp³-hybridized carbons (Fsp3) is 0.818. The number of nitrogens with one attached hydrogen (secondary N) is 1. The second-order valence-corrected chi connectivity index (χ2v) is 6.33. The van der Waals surface area contributed by atoms with Crippen molar-refractivity contribution < 1.29 is 31.7 Å². The number of carbonyl (C=O) groups excluding carboxylic acids is 2. The van der Waals surface area contributed by atoms with E-state index < -0.39 is 46.6 Å². The van der Waals surface area contributed by atoms with Crippen LogP contribution in [0.4, 0.5) is 13.2 Å². The summed E-state index contributed by atoms with van der Waals surface area (Å²) in [6.07, 6.45) is -2.95. The van der Waals surface area contributed by atoms with Crippen molar-refractivity contribution in [2.24, 2.45) is 5.41 Å². The highest BCUT2D eigenvalue weighted by Crippen LogP contribution is 2.49. The molecule has 0 heterocycles. The highest BCUT2D eigenvalue weighted by Gasteiger charge is 2.46. The monoisotopic (exact) mass is 315 g/mol. The number of methoxy groups -OCH3 is 1. The Hall–Kier alpha value is -1.12. The summed E-state index contributed by atoms with van der Waals surface area (Å²) in [5.74, 6) is -1.68. The van der Waals surface area contributed by atoms with Crippen LogP contribution >= 0.6 is 0 Å². The normalized spacial score (nSPS) is 18.2. The maximum Gasteiger partial charge on any atom is 0.405 e. The topological polar surface area (TPSA) is 72.5 Å². The maximum atomic E-state index is 11.9. The van der Waals surface area contributed by atoms with Gasteiger partial charge in [-0.15, -0.1) is 0 Å². The molecule has 0 aromatic rings. The largest absolute Gasteiger partial charge is 0.469 e. The lowest BCUT2D eigenvalue weighted by atomic mass is 10.1. The molecule has 1 aliphatic carbocycles. The first-order valence-corrected chi connectivity index (χ1v) is 7.40. The Morgan fingerprint density at radius 2 is 1.95 bits per heavy atom. The predicted molar refractivity (Wildman–Crippen MR) is 65.2 cm³/mol. The Morgan fingerprint density at radius 3 is 2.40 bits per heavy atom. The Balaban J connectivity index is 2.33. The van der Waals surface area contributed by atoms with Crippen LogP contribution in [0.1, 0.15) is 19.3 Å². The zero-order chi connectivity index (χ0) is 15.4. The summed E-state index contributed by atoms with van der Waals surface area (Å²) < 4.78 is 51.9. The molecule has 116 valence electrons. The second-order valence-electron chi connectivity index (χ2n) is 4.87. The van der Waals surface area contributed by atoms with Gasteiger partial charge in [-0.25, -0.2) is 0 Å². The van der Waals surface area contributed by atoms with E-state index in [0.717, 1.165) is 0 Å². The summed E-state index contributed by atoms with van der Waals surface area (Å²) in [6.45, 7) is -1.43. The minimum Gasteiger partial charge on any atom is -0.469 e. The summed E-state index contributed by atoms with van der Waals surface area (Å²) in [5.41, 5.74) is -0.414. The second kappa shape index (κ2) is 6.55. The van der Waals surface area contributed by atoms with Crippen LogP contribution in [-0.2, 0) is 25.1 Å². The summed E-state index contributed by atoms with van der Waals surface area (Å²) in [7, 11) is -0.341. The van der Waals surface area contributed by atoms with Crippen molar-refractivity contribution in [3.8, 4) is 0 Å². The minimum absolute atomic E-state index is 0.124. The van der Waals surface area contributed by atoms with Crippen molar-refractivity contribution in [3.05, 3.63) is 0 Å². The van der Waals surface area contributed by atoms with Crippen LogP contribution in [0.2, 0.25) is 0 Å². The third-order valence-electron chi connectivity index (χ3n) is 2.95. The van der Waals surface area contributed by atoms with Crippen molar-refractivity contribution in [3.63, 3.8) is 0 Å². The van der Waals surface area contributed by atoms with Gasteiger partial charge in [-0.1, -0.05) is 0 Å². The van der Waals surface area contributed by atoms with Crippen molar-refractivity contribution in [2.75, 3.05) is 25.2 Å². The smallest absolute Gasteiger partial charge is 0.405 e. The number of hydrogen-bond donors (Lipinski definition) is 1. The molecule has 0 aliphatic heterocycles. The molecular formula is C11H16F3NO4S. The van der Waals surface area contributed by atoms with Gasteiger partial charge >= 0.3 is 12.1 Å². The first-order valence-electron chi connectivity index (χ1n) is 5.91. The standard InChI is InChI=1S/C11H16F3NO4S/c1-19-9(17)4-10(2-3-10)7-20(18)5-8(16)15-6-11(12,13)14/h2-7H2,1H3,(H,15,16). The fourth-order valence-electron chi connectivity index (χ4n) is 1.72. The molecule has 0 radical (unpaired) electrons. The number of halogens is 3. The molecule has 1 rings (SSSR count). The number of amides is 1.